The molecule has 4 heterocycles. The number of rotatable bonds is 12. The highest BCUT2D eigenvalue weighted by Crippen LogP contribution is 2.47. The summed E-state index contributed by atoms with van der Waals surface area (Å²) in [4.78, 5) is 9.03. The van der Waals surface area contributed by atoms with Gasteiger partial charge in [0, 0.05) is 84.7 Å². The van der Waals surface area contributed by atoms with Crippen LogP contribution in [0, 0.1) is 0 Å². The monoisotopic (exact) mass is 810 g/mol. The first kappa shape index (κ1) is 40.0. The highest BCUT2D eigenvalue weighted by atomic mass is 16.5. The van der Waals surface area contributed by atoms with Crippen molar-refractivity contribution < 1.29 is 18.9 Å². The van der Waals surface area contributed by atoms with Gasteiger partial charge in [0.15, 0.2) is 13.5 Å². The van der Waals surface area contributed by atoms with Gasteiger partial charge >= 0.3 is 0 Å². The molecule has 0 spiro atoms. The van der Waals surface area contributed by atoms with Crippen LogP contribution in [0.4, 0.5) is 11.4 Å². The first-order valence-electron chi connectivity index (χ1n) is 21.2. The number of hydrogen-bond acceptors (Lipinski definition) is 8. The largest absolute Gasteiger partial charge is 0.478 e. The fourth-order valence-corrected chi connectivity index (χ4v) is 9.05. The average molecular weight is 811 g/mol. The van der Waals surface area contributed by atoms with Gasteiger partial charge in [0.2, 0.25) is 0 Å². The molecule has 4 aliphatic heterocycles. The van der Waals surface area contributed by atoms with Gasteiger partial charge < -0.3 is 28.7 Å². The number of ether oxygens (including phenoxy) is 4. The van der Waals surface area contributed by atoms with Gasteiger partial charge in [-0.3, -0.25) is 9.80 Å². The fourth-order valence-electron chi connectivity index (χ4n) is 9.05. The molecule has 310 valence electrons. The van der Waals surface area contributed by atoms with E-state index in [9.17, 15) is 0 Å². The molecule has 2 atom stereocenters. The minimum absolute atomic E-state index is 0.0748. The standard InChI is InChI=1S/C53H54N4O4/c1-5-25-54-31-43-27-40(18-22-49(43)58-34-54)52(38(3)17-21-48-39(4)30-56(36-60-48)46-13-9-7-10-14-46)53(41-19-23-50-44(28-41)32-55(26-6-2)35-59-50)42-20-24-51-45(29-42)33-57(37-61-51)47-15-11-8-12-16-47/h5-24,27-29,52-53H,1-2,4,25-26,30-37H2,3H3/b38-17+,48-21+. The molecule has 61 heavy (non-hydrogen) atoms. The molecule has 1 fully saturated rings. The molecular weight excluding hydrogens is 757 g/mol. The van der Waals surface area contributed by atoms with Gasteiger partial charge in [0.25, 0.3) is 0 Å². The van der Waals surface area contributed by atoms with Crippen molar-refractivity contribution in [1.29, 1.82) is 0 Å². The Kier molecular flexibility index (Phi) is 11.8. The Balaban J connectivity index is 1.15. The molecule has 0 bridgehead atoms. The Morgan fingerprint density at radius 2 is 1.05 bits per heavy atom. The predicted octanol–water partition coefficient (Wildman–Crippen LogP) is 10.5. The summed E-state index contributed by atoms with van der Waals surface area (Å²) >= 11 is 0. The van der Waals surface area contributed by atoms with E-state index in [-0.39, 0.29) is 11.8 Å². The zero-order chi connectivity index (χ0) is 41.7. The Morgan fingerprint density at radius 1 is 0.574 bits per heavy atom. The quantitative estimate of drug-likeness (QED) is 0.116. The topological polar surface area (TPSA) is 49.9 Å². The lowest BCUT2D eigenvalue weighted by Crippen LogP contribution is -2.33. The smallest absolute Gasteiger partial charge is 0.161 e. The maximum absolute atomic E-state index is 6.40. The summed E-state index contributed by atoms with van der Waals surface area (Å²) in [5, 5.41) is 0. The summed E-state index contributed by atoms with van der Waals surface area (Å²) in [5.74, 6) is 3.43. The van der Waals surface area contributed by atoms with Crippen LogP contribution in [-0.2, 0) is 24.4 Å². The molecule has 9 rings (SSSR count). The van der Waals surface area contributed by atoms with Gasteiger partial charge in [-0.25, -0.2) is 0 Å². The lowest BCUT2D eigenvalue weighted by Gasteiger charge is -2.35. The molecule has 0 N–H and O–H groups in total. The molecule has 4 aliphatic rings. The molecule has 0 saturated carbocycles. The number of para-hydroxylation sites is 2. The molecular formula is C53H54N4O4. The van der Waals surface area contributed by atoms with E-state index in [1.54, 1.807) is 0 Å². The second-order valence-electron chi connectivity index (χ2n) is 16.4. The number of allylic oxidation sites excluding steroid dienone is 3. The van der Waals surface area contributed by atoms with E-state index in [2.05, 4.69) is 168 Å². The van der Waals surface area contributed by atoms with Gasteiger partial charge in [0.1, 0.15) is 36.5 Å². The lowest BCUT2D eigenvalue weighted by atomic mass is 9.72. The Bertz CT molecular complexity index is 2460. The van der Waals surface area contributed by atoms with E-state index in [1.165, 1.54) is 33.4 Å². The molecule has 0 radical (unpaired) electrons. The minimum Gasteiger partial charge on any atom is -0.478 e. The van der Waals surface area contributed by atoms with Gasteiger partial charge in [-0.05, 0) is 78.2 Å². The van der Waals surface area contributed by atoms with Crippen LogP contribution in [0.1, 0.15) is 52.1 Å². The molecule has 1 saturated heterocycles. The van der Waals surface area contributed by atoms with Gasteiger partial charge in [0.05, 0.1) is 0 Å². The number of hydrogen-bond donors (Lipinski definition) is 0. The number of benzene rings is 5. The summed E-state index contributed by atoms with van der Waals surface area (Å²) in [6, 6.07) is 41.2. The Morgan fingerprint density at radius 3 is 1.59 bits per heavy atom. The molecule has 2 unspecified atom stereocenters. The normalized spacial score (nSPS) is 18.3. The molecule has 0 aliphatic carbocycles. The van der Waals surface area contributed by atoms with Crippen molar-refractivity contribution in [2.75, 3.05) is 56.4 Å². The van der Waals surface area contributed by atoms with Gasteiger partial charge in [-0.1, -0.05) is 97.1 Å². The third-order valence-electron chi connectivity index (χ3n) is 12.1. The maximum Gasteiger partial charge on any atom is 0.161 e. The highest BCUT2D eigenvalue weighted by Gasteiger charge is 2.32. The van der Waals surface area contributed by atoms with Crippen molar-refractivity contribution in [2.45, 2.75) is 38.4 Å². The first-order valence-corrected chi connectivity index (χ1v) is 21.2. The highest BCUT2D eigenvalue weighted by molar-refractivity contribution is 5.55. The molecule has 0 amide bonds. The maximum atomic E-state index is 6.40. The van der Waals surface area contributed by atoms with Gasteiger partial charge in [-0.15, -0.1) is 13.2 Å². The van der Waals surface area contributed by atoms with Crippen LogP contribution in [0.5, 0.6) is 17.2 Å². The van der Waals surface area contributed by atoms with Crippen LogP contribution in [0.15, 0.2) is 176 Å². The second kappa shape index (κ2) is 18.0. The summed E-state index contributed by atoms with van der Waals surface area (Å²) in [6.45, 7) is 21.3. The van der Waals surface area contributed by atoms with Crippen molar-refractivity contribution >= 4 is 11.4 Å². The summed E-state index contributed by atoms with van der Waals surface area (Å²) < 4.78 is 25.4. The van der Waals surface area contributed by atoms with Crippen LogP contribution < -0.4 is 24.0 Å². The third kappa shape index (κ3) is 8.74. The van der Waals surface area contributed by atoms with Crippen LogP contribution in [0.2, 0.25) is 0 Å². The lowest BCUT2D eigenvalue weighted by molar-refractivity contribution is 0.107. The first-order chi connectivity index (χ1) is 29.9. The van der Waals surface area contributed by atoms with Crippen LogP contribution in [0.3, 0.4) is 0 Å². The molecule has 8 heteroatoms. The zero-order valence-electron chi connectivity index (χ0n) is 35.0. The van der Waals surface area contributed by atoms with Crippen LogP contribution >= 0.6 is 0 Å². The van der Waals surface area contributed by atoms with E-state index in [4.69, 9.17) is 18.9 Å². The van der Waals surface area contributed by atoms with Crippen LogP contribution in [-0.4, -0.2) is 56.4 Å². The Hall–Kier alpha value is -6.48. The third-order valence-corrected chi connectivity index (χ3v) is 12.1. The number of nitrogens with zero attached hydrogens (tertiary/aromatic N) is 4. The molecule has 8 nitrogen and oxygen atoms in total. The number of anilines is 2. The predicted molar refractivity (Wildman–Crippen MR) is 245 cm³/mol. The molecule has 5 aromatic rings. The summed E-state index contributed by atoms with van der Waals surface area (Å²) in [6.07, 6.45) is 8.23. The van der Waals surface area contributed by atoms with E-state index in [0.29, 0.717) is 33.5 Å². The minimum atomic E-state index is -0.0805. The number of fused-ring (bicyclic) bond motifs is 3. The zero-order valence-corrected chi connectivity index (χ0v) is 35.0. The van der Waals surface area contributed by atoms with E-state index >= 15 is 0 Å². The van der Waals surface area contributed by atoms with E-state index < -0.39 is 0 Å². The molecule has 0 aromatic heterocycles. The van der Waals surface area contributed by atoms with Crippen molar-refractivity contribution in [3.05, 3.63) is 210 Å². The van der Waals surface area contributed by atoms with E-state index in [1.807, 2.05) is 18.2 Å². The van der Waals surface area contributed by atoms with Crippen LogP contribution in [0.25, 0.3) is 0 Å². The van der Waals surface area contributed by atoms with Gasteiger partial charge in [-0.2, -0.15) is 0 Å². The molecule has 5 aromatic carbocycles. The Labute approximate surface area is 360 Å². The SMILES string of the molecule is C=CCN1COc2ccc(C(/C(C)=C/C=C3/OCN(c4ccccc4)CC3=C)C(c3ccc4c(c3)CN(CC=C)CO4)c3ccc4c(c3)CN(c3ccccc3)CO4)cc2C1. The summed E-state index contributed by atoms with van der Waals surface area (Å²) in [5.41, 5.74) is 11.5. The summed E-state index contributed by atoms with van der Waals surface area (Å²) in [7, 11) is 0. The second-order valence-corrected chi connectivity index (χ2v) is 16.4. The average Bonchev–Trinajstić information content (AvgIpc) is 3.30. The van der Waals surface area contributed by atoms with Crippen molar-refractivity contribution in [3.8, 4) is 17.2 Å². The van der Waals surface area contributed by atoms with Crippen molar-refractivity contribution in [3.63, 3.8) is 0 Å². The fraction of sp³-hybridized carbons (Fsp3) is 0.245. The van der Waals surface area contributed by atoms with Crippen molar-refractivity contribution in [1.82, 2.24) is 9.80 Å². The van der Waals surface area contributed by atoms with Crippen molar-refractivity contribution in [2.24, 2.45) is 0 Å². The van der Waals surface area contributed by atoms with E-state index in [0.717, 1.165) is 78.2 Å².